The molecule has 0 spiro atoms. The van der Waals surface area contributed by atoms with Crippen molar-refractivity contribution < 1.29 is 14.0 Å². The first-order valence-corrected chi connectivity index (χ1v) is 6.88. The Labute approximate surface area is 92.6 Å². The normalized spacial score (nSPS) is 32.9. The summed E-state index contributed by atoms with van der Waals surface area (Å²) in [5, 5.41) is 0. The molecule has 0 N–H and O–H groups in total. The lowest BCUT2D eigenvalue weighted by Gasteiger charge is -2.41. The zero-order valence-electron chi connectivity index (χ0n) is 9.71. The quantitative estimate of drug-likeness (QED) is 0.512. The second kappa shape index (κ2) is 4.98. The minimum absolute atomic E-state index is 0.401. The fourth-order valence-corrected chi connectivity index (χ4v) is 2.83. The Morgan fingerprint density at radius 1 is 1.53 bits per heavy atom. The van der Waals surface area contributed by atoms with E-state index in [0.717, 1.165) is 0 Å². The van der Waals surface area contributed by atoms with E-state index in [1.165, 1.54) is 0 Å². The Hall–Kier alpha value is 0.135. The molecule has 15 heavy (non-hydrogen) atoms. The van der Waals surface area contributed by atoms with Crippen molar-refractivity contribution in [3.8, 4) is 0 Å². The van der Waals surface area contributed by atoms with Gasteiger partial charge in [-0.1, -0.05) is 0 Å². The highest BCUT2D eigenvalue weighted by Gasteiger charge is 2.35. The molecule has 2 radical (unpaired) electrons. The third-order valence-electron chi connectivity index (χ3n) is 2.61. The van der Waals surface area contributed by atoms with Gasteiger partial charge in [-0.25, -0.2) is 9.34 Å². The van der Waals surface area contributed by atoms with Crippen LogP contribution in [-0.2, 0) is 14.0 Å². The van der Waals surface area contributed by atoms with Crippen LogP contribution >= 0.6 is 7.44 Å². The predicted molar refractivity (Wildman–Crippen MR) is 60.2 cm³/mol. The first-order chi connectivity index (χ1) is 6.87. The van der Waals surface area contributed by atoms with Crippen LogP contribution in [0.3, 0.4) is 0 Å². The highest BCUT2D eigenvalue weighted by molar-refractivity contribution is 7.58. The average molecular weight is 232 g/mol. The molecule has 1 aliphatic heterocycles. The molecular weight excluding hydrogens is 214 g/mol. The van der Waals surface area contributed by atoms with Gasteiger partial charge in [-0.05, 0) is 14.1 Å². The molecule has 0 aliphatic carbocycles. The fraction of sp³-hybridized carbons (Fsp3) is 1.00. The number of methoxy groups -OCH3 is 1. The second-order valence-corrected chi connectivity index (χ2v) is 6.93. The zero-order chi connectivity index (χ0) is 11.6. The van der Waals surface area contributed by atoms with Gasteiger partial charge in [0.15, 0.2) is 6.29 Å². The molecule has 7 heteroatoms. The third kappa shape index (κ3) is 3.05. The molecule has 0 aromatic carbocycles. The lowest BCUT2D eigenvalue weighted by molar-refractivity contribution is -0.165. The monoisotopic (exact) mass is 232 g/mol. The molecule has 0 saturated carbocycles. The molecule has 1 rings (SSSR count). The number of morpholine rings is 1. The molecule has 2 unspecified atom stereocenters. The number of hydrogen-bond donors (Lipinski definition) is 0. The van der Waals surface area contributed by atoms with E-state index in [2.05, 4.69) is 0 Å². The van der Waals surface area contributed by atoms with Gasteiger partial charge in [-0.2, -0.15) is 0 Å². The largest absolute Gasteiger partial charge is 0.357 e. The SMILES string of the molecule is [B]C1CN([P@](C)(=O)N(C)C)CC(OC)O1. The van der Waals surface area contributed by atoms with Crippen LogP contribution in [0.25, 0.3) is 0 Å². The summed E-state index contributed by atoms with van der Waals surface area (Å²) in [7, 11) is 8.35. The van der Waals surface area contributed by atoms with E-state index >= 15 is 0 Å². The van der Waals surface area contributed by atoms with Crippen LogP contribution < -0.4 is 0 Å². The van der Waals surface area contributed by atoms with E-state index in [1.54, 1.807) is 32.5 Å². The zero-order valence-corrected chi connectivity index (χ0v) is 10.6. The summed E-state index contributed by atoms with van der Waals surface area (Å²) >= 11 is 0. The number of ether oxygens (including phenoxy) is 2. The Morgan fingerprint density at radius 2 is 2.13 bits per heavy atom. The lowest BCUT2D eigenvalue weighted by atomic mass is 9.99. The molecule has 0 aromatic rings. The van der Waals surface area contributed by atoms with Crippen molar-refractivity contribution in [2.24, 2.45) is 0 Å². The van der Waals surface area contributed by atoms with Gasteiger partial charge in [-0.3, -0.25) is 4.57 Å². The maximum atomic E-state index is 12.4. The molecule has 1 fully saturated rings. The molecule has 1 heterocycles. The van der Waals surface area contributed by atoms with Crippen LogP contribution in [0.15, 0.2) is 0 Å². The minimum Gasteiger partial charge on any atom is -0.357 e. The molecular formula is C8H18BN2O3P. The van der Waals surface area contributed by atoms with Gasteiger partial charge in [0.1, 0.15) is 7.85 Å². The van der Waals surface area contributed by atoms with E-state index < -0.39 is 19.7 Å². The van der Waals surface area contributed by atoms with Crippen molar-refractivity contribution in [2.75, 3.05) is 41.0 Å². The Morgan fingerprint density at radius 3 is 2.60 bits per heavy atom. The Kier molecular flexibility index (Phi) is 4.38. The molecule has 5 nitrogen and oxygen atoms in total. The van der Waals surface area contributed by atoms with E-state index in [1.807, 2.05) is 4.67 Å². The molecule has 1 saturated heterocycles. The molecule has 86 valence electrons. The summed E-state index contributed by atoms with van der Waals surface area (Å²) in [6.45, 7) is 2.67. The van der Waals surface area contributed by atoms with Gasteiger partial charge < -0.3 is 9.47 Å². The van der Waals surface area contributed by atoms with Gasteiger partial charge in [0.2, 0.25) is 7.44 Å². The van der Waals surface area contributed by atoms with Crippen molar-refractivity contribution in [1.29, 1.82) is 0 Å². The van der Waals surface area contributed by atoms with Gasteiger partial charge in [-0.15, -0.1) is 0 Å². The van der Waals surface area contributed by atoms with Crippen molar-refractivity contribution in [1.82, 2.24) is 9.34 Å². The maximum absolute atomic E-state index is 12.4. The van der Waals surface area contributed by atoms with E-state index in [-0.39, 0.29) is 0 Å². The van der Waals surface area contributed by atoms with Crippen LogP contribution in [0.2, 0.25) is 0 Å². The number of nitrogens with zero attached hydrogens (tertiary/aromatic N) is 2. The van der Waals surface area contributed by atoms with Crippen molar-refractivity contribution in [3.05, 3.63) is 0 Å². The van der Waals surface area contributed by atoms with E-state index in [4.69, 9.17) is 17.3 Å². The Balaban J connectivity index is 2.73. The molecule has 3 atom stereocenters. The smallest absolute Gasteiger partial charge is 0.213 e. The highest BCUT2D eigenvalue weighted by Crippen LogP contribution is 2.48. The predicted octanol–water partition coefficient (Wildman–Crippen LogP) is 0.170. The molecule has 1 aliphatic rings. The maximum Gasteiger partial charge on any atom is 0.213 e. The van der Waals surface area contributed by atoms with E-state index in [9.17, 15) is 4.57 Å². The summed E-state index contributed by atoms with van der Waals surface area (Å²) in [6.07, 6.45) is -0.401. The van der Waals surface area contributed by atoms with Crippen LogP contribution in [0.5, 0.6) is 0 Å². The second-order valence-electron chi connectivity index (χ2n) is 3.89. The van der Waals surface area contributed by atoms with Crippen molar-refractivity contribution in [2.45, 2.75) is 12.3 Å². The van der Waals surface area contributed by atoms with Crippen molar-refractivity contribution in [3.63, 3.8) is 0 Å². The molecule has 0 amide bonds. The number of hydrogen-bond acceptors (Lipinski definition) is 3. The van der Waals surface area contributed by atoms with Crippen molar-refractivity contribution >= 4 is 15.3 Å². The first-order valence-electron chi connectivity index (χ1n) is 4.82. The van der Waals surface area contributed by atoms with Gasteiger partial charge >= 0.3 is 0 Å². The fourth-order valence-electron chi connectivity index (χ4n) is 1.42. The van der Waals surface area contributed by atoms with Crippen LogP contribution in [0.4, 0.5) is 0 Å². The average Bonchev–Trinajstić information content (AvgIpc) is 2.16. The first kappa shape index (κ1) is 13.2. The lowest BCUT2D eigenvalue weighted by Crippen LogP contribution is -2.48. The summed E-state index contributed by atoms with van der Waals surface area (Å²) in [6, 6.07) is -0.447. The van der Waals surface area contributed by atoms with Gasteiger partial charge in [0.05, 0.1) is 6.54 Å². The van der Waals surface area contributed by atoms with E-state index in [0.29, 0.717) is 13.1 Å². The van der Waals surface area contributed by atoms with Gasteiger partial charge in [0, 0.05) is 26.3 Å². The summed E-state index contributed by atoms with van der Waals surface area (Å²) in [5.41, 5.74) is 0. The van der Waals surface area contributed by atoms with Crippen LogP contribution in [0.1, 0.15) is 0 Å². The third-order valence-corrected chi connectivity index (χ3v) is 5.47. The van der Waals surface area contributed by atoms with Crippen LogP contribution in [-0.4, -0.2) is 70.4 Å². The summed E-state index contributed by atoms with van der Waals surface area (Å²) < 4.78 is 26.3. The summed E-state index contributed by atoms with van der Waals surface area (Å²) in [5.74, 6) is 0. The Bertz CT molecular complexity index is 264. The standard InChI is InChI=1S/C8H18BN2O3P/c1-10(2)15(4,12)11-5-7(9)14-8(6-11)13-3/h7-8H,5-6H2,1-4H3/t7?,8?,15-/m1/s1. The molecule has 0 aromatic heterocycles. The van der Waals surface area contributed by atoms with Crippen LogP contribution in [0, 0.1) is 0 Å². The summed E-state index contributed by atoms with van der Waals surface area (Å²) in [4.78, 5) is 0. The highest BCUT2D eigenvalue weighted by atomic mass is 31.2. The van der Waals surface area contributed by atoms with Gasteiger partial charge in [0.25, 0.3) is 0 Å². The minimum atomic E-state index is -2.50. The topological polar surface area (TPSA) is 42.0 Å². The molecule has 0 bridgehead atoms. The number of rotatable bonds is 3.